The van der Waals surface area contributed by atoms with Crippen LogP contribution in [0.2, 0.25) is 0 Å². The van der Waals surface area contributed by atoms with Gasteiger partial charge in [0.15, 0.2) is 11.5 Å². The molecule has 2 aromatic carbocycles. The maximum atomic E-state index is 12.8. The number of alkyl halides is 6. The van der Waals surface area contributed by atoms with Gasteiger partial charge in [-0.05, 0) is 42.3 Å². The molecular weight excluding hydrogens is 392 g/mol. The summed E-state index contributed by atoms with van der Waals surface area (Å²) < 4.78 is 87.4. The minimum Gasteiger partial charge on any atom is -0.454 e. The van der Waals surface area contributed by atoms with Crippen LogP contribution in [0.15, 0.2) is 36.4 Å². The van der Waals surface area contributed by atoms with Crippen molar-refractivity contribution in [2.24, 2.45) is 0 Å². The van der Waals surface area contributed by atoms with Crippen molar-refractivity contribution >= 4 is 11.6 Å². The number of nitrogens with one attached hydrogen (secondary N) is 1. The van der Waals surface area contributed by atoms with E-state index in [0.29, 0.717) is 29.2 Å². The van der Waals surface area contributed by atoms with Gasteiger partial charge in [0, 0.05) is 12.1 Å². The van der Waals surface area contributed by atoms with Crippen LogP contribution < -0.4 is 14.8 Å². The molecule has 1 aliphatic rings. The van der Waals surface area contributed by atoms with Gasteiger partial charge in [-0.3, -0.25) is 4.79 Å². The van der Waals surface area contributed by atoms with Crippen LogP contribution in [0.25, 0.3) is 0 Å². The number of amides is 1. The minimum absolute atomic E-state index is 0.00225. The molecule has 0 unspecified atom stereocenters. The number of halogens is 6. The second kappa shape index (κ2) is 7.25. The van der Waals surface area contributed by atoms with Crippen LogP contribution >= 0.6 is 0 Å². The minimum atomic E-state index is -4.98. The molecule has 0 spiro atoms. The zero-order chi connectivity index (χ0) is 20.5. The highest BCUT2D eigenvalue weighted by atomic mass is 19.4. The van der Waals surface area contributed by atoms with Crippen molar-refractivity contribution < 1.29 is 40.6 Å². The Morgan fingerprint density at radius 2 is 1.50 bits per heavy atom. The maximum Gasteiger partial charge on any atom is 0.416 e. The third-order valence-electron chi connectivity index (χ3n) is 3.95. The van der Waals surface area contributed by atoms with E-state index in [2.05, 4.69) is 5.32 Å². The summed E-state index contributed by atoms with van der Waals surface area (Å²) in [7, 11) is 0. The van der Waals surface area contributed by atoms with Gasteiger partial charge in [0.2, 0.25) is 12.7 Å². The standard InChI is InChI=1S/C18H13F6NO3/c19-17(20,21)11-6-12(18(22,23)24)8-13(7-11)25-16(26)4-2-10-1-3-14-15(5-10)28-9-27-14/h1,3,5-8H,2,4,9H2,(H,25,26). The molecule has 0 atom stereocenters. The summed E-state index contributed by atoms with van der Waals surface area (Å²) in [5, 5.41) is 2.09. The van der Waals surface area contributed by atoms with Crippen LogP contribution in [0.1, 0.15) is 23.1 Å². The second-order valence-electron chi connectivity index (χ2n) is 6.03. The first kappa shape index (κ1) is 19.8. The van der Waals surface area contributed by atoms with Crippen molar-refractivity contribution in [2.75, 3.05) is 12.1 Å². The Morgan fingerprint density at radius 1 is 0.893 bits per heavy atom. The molecule has 0 aromatic heterocycles. The van der Waals surface area contributed by atoms with Crippen LogP contribution in [0.3, 0.4) is 0 Å². The van der Waals surface area contributed by atoms with E-state index in [9.17, 15) is 31.1 Å². The Hall–Kier alpha value is -2.91. The number of rotatable bonds is 4. The lowest BCUT2D eigenvalue weighted by atomic mass is 10.1. The quantitative estimate of drug-likeness (QED) is 0.727. The number of hydrogen-bond acceptors (Lipinski definition) is 3. The van der Waals surface area contributed by atoms with Crippen molar-refractivity contribution in [3.05, 3.63) is 53.1 Å². The first-order chi connectivity index (χ1) is 13.0. The van der Waals surface area contributed by atoms with E-state index >= 15 is 0 Å². The largest absolute Gasteiger partial charge is 0.454 e. The van der Waals surface area contributed by atoms with E-state index < -0.39 is 35.1 Å². The van der Waals surface area contributed by atoms with Gasteiger partial charge in [0.1, 0.15) is 0 Å². The fraction of sp³-hybridized carbons (Fsp3) is 0.278. The third-order valence-corrected chi connectivity index (χ3v) is 3.95. The molecule has 0 saturated heterocycles. The number of carbonyl (C=O) groups excluding carboxylic acids is 1. The zero-order valence-corrected chi connectivity index (χ0v) is 14.1. The van der Waals surface area contributed by atoms with Gasteiger partial charge in [-0.2, -0.15) is 26.3 Å². The summed E-state index contributed by atoms with van der Waals surface area (Å²) in [6.07, 6.45) is -9.88. The van der Waals surface area contributed by atoms with E-state index in [4.69, 9.17) is 9.47 Å². The topological polar surface area (TPSA) is 47.6 Å². The van der Waals surface area contributed by atoms with Crippen molar-refractivity contribution in [2.45, 2.75) is 25.2 Å². The van der Waals surface area contributed by atoms with E-state index in [-0.39, 0.29) is 25.7 Å². The molecule has 3 rings (SSSR count). The maximum absolute atomic E-state index is 12.8. The van der Waals surface area contributed by atoms with Crippen LogP contribution in [0, 0.1) is 0 Å². The highest BCUT2D eigenvalue weighted by Gasteiger charge is 2.37. The normalized spacial score (nSPS) is 13.5. The van der Waals surface area contributed by atoms with Crippen LogP contribution in [-0.4, -0.2) is 12.7 Å². The lowest BCUT2D eigenvalue weighted by Gasteiger charge is -2.14. The number of carbonyl (C=O) groups is 1. The molecule has 0 radical (unpaired) electrons. The van der Waals surface area contributed by atoms with Gasteiger partial charge in [-0.15, -0.1) is 0 Å². The van der Waals surface area contributed by atoms with Gasteiger partial charge in [0.25, 0.3) is 0 Å². The Labute approximate surface area is 155 Å². The van der Waals surface area contributed by atoms with Crippen LogP contribution in [0.5, 0.6) is 11.5 Å². The van der Waals surface area contributed by atoms with E-state index in [0.717, 1.165) is 0 Å². The van der Waals surface area contributed by atoms with Gasteiger partial charge >= 0.3 is 12.4 Å². The van der Waals surface area contributed by atoms with Crippen molar-refractivity contribution in [1.82, 2.24) is 0 Å². The van der Waals surface area contributed by atoms with Gasteiger partial charge in [-0.1, -0.05) is 6.07 Å². The van der Waals surface area contributed by atoms with Gasteiger partial charge in [0.05, 0.1) is 11.1 Å². The molecule has 1 heterocycles. The number of hydrogen-bond donors (Lipinski definition) is 1. The molecule has 10 heteroatoms. The van der Waals surface area contributed by atoms with Crippen LogP contribution in [-0.2, 0) is 23.6 Å². The predicted molar refractivity (Wildman–Crippen MR) is 86.0 cm³/mol. The molecule has 2 aromatic rings. The number of aryl methyl sites for hydroxylation is 1. The SMILES string of the molecule is O=C(CCc1ccc2c(c1)OCO2)Nc1cc(C(F)(F)F)cc(C(F)(F)F)c1. The summed E-state index contributed by atoms with van der Waals surface area (Å²) in [5.41, 5.74) is -2.85. The number of anilines is 1. The lowest BCUT2D eigenvalue weighted by molar-refractivity contribution is -0.143. The van der Waals surface area contributed by atoms with Crippen molar-refractivity contribution in [3.63, 3.8) is 0 Å². The smallest absolute Gasteiger partial charge is 0.416 e. The van der Waals surface area contributed by atoms with E-state index in [1.54, 1.807) is 18.2 Å². The molecule has 1 N–H and O–H groups in total. The molecule has 1 amide bonds. The molecule has 0 bridgehead atoms. The van der Waals surface area contributed by atoms with Crippen molar-refractivity contribution in [3.8, 4) is 11.5 Å². The average molecular weight is 405 g/mol. The third kappa shape index (κ3) is 4.68. The number of benzene rings is 2. The van der Waals surface area contributed by atoms with E-state index in [1.165, 1.54) is 0 Å². The molecule has 1 aliphatic heterocycles. The van der Waals surface area contributed by atoms with Gasteiger partial charge in [-0.25, -0.2) is 0 Å². The Kier molecular flexibility index (Phi) is 5.14. The highest BCUT2D eigenvalue weighted by molar-refractivity contribution is 5.91. The molecule has 28 heavy (non-hydrogen) atoms. The summed E-state index contributed by atoms with van der Waals surface area (Å²) in [4.78, 5) is 12.0. The lowest BCUT2D eigenvalue weighted by Crippen LogP contribution is -2.16. The number of ether oxygens (including phenoxy) is 2. The van der Waals surface area contributed by atoms with Crippen molar-refractivity contribution in [1.29, 1.82) is 0 Å². The Morgan fingerprint density at radius 3 is 2.11 bits per heavy atom. The fourth-order valence-corrected chi connectivity index (χ4v) is 2.60. The molecule has 4 nitrogen and oxygen atoms in total. The monoisotopic (exact) mass is 405 g/mol. The Bertz CT molecular complexity index is 860. The van der Waals surface area contributed by atoms with E-state index in [1.807, 2.05) is 0 Å². The van der Waals surface area contributed by atoms with Gasteiger partial charge < -0.3 is 14.8 Å². The first-order valence-electron chi connectivity index (χ1n) is 8.00. The molecule has 150 valence electrons. The van der Waals surface area contributed by atoms with Crippen LogP contribution in [0.4, 0.5) is 32.0 Å². The Balaban J connectivity index is 1.71. The molecule has 0 saturated carbocycles. The average Bonchev–Trinajstić information content (AvgIpc) is 3.06. The predicted octanol–water partition coefficient (Wildman–Crippen LogP) is 5.02. The highest BCUT2D eigenvalue weighted by Crippen LogP contribution is 2.37. The molecule has 0 fully saturated rings. The summed E-state index contributed by atoms with van der Waals surface area (Å²) in [5.74, 6) is 0.340. The summed E-state index contributed by atoms with van der Waals surface area (Å²) >= 11 is 0. The first-order valence-corrected chi connectivity index (χ1v) is 8.00. The summed E-state index contributed by atoms with van der Waals surface area (Å²) in [6.45, 7) is 0.0797. The zero-order valence-electron chi connectivity index (χ0n) is 14.1. The summed E-state index contributed by atoms with van der Waals surface area (Å²) in [6, 6.07) is 5.93. The fourth-order valence-electron chi connectivity index (χ4n) is 2.60. The molecular formula is C18H13F6NO3. The second-order valence-corrected chi connectivity index (χ2v) is 6.03. The number of fused-ring (bicyclic) bond motifs is 1. The molecule has 0 aliphatic carbocycles.